The predicted octanol–water partition coefficient (Wildman–Crippen LogP) is 5.39. The van der Waals surface area contributed by atoms with Crippen LogP contribution in [0.1, 0.15) is 59.9 Å². The highest BCUT2D eigenvalue weighted by atomic mass is 35.5. The normalized spacial score (nSPS) is 19.6. The summed E-state index contributed by atoms with van der Waals surface area (Å²) in [4.78, 5) is 38.3. The van der Waals surface area contributed by atoms with Crippen LogP contribution in [-0.4, -0.2) is 64.1 Å². The maximum absolute atomic E-state index is 13.4. The van der Waals surface area contributed by atoms with Crippen LogP contribution in [-0.2, 0) is 17.6 Å². The molecule has 1 aliphatic heterocycles. The maximum atomic E-state index is 13.4. The molecule has 2 aliphatic rings. The molecule has 3 aromatic rings. The lowest BCUT2D eigenvalue weighted by Gasteiger charge is -2.39. The van der Waals surface area contributed by atoms with Gasteiger partial charge in [0.05, 0.1) is 23.3 Å². The molecule has 1 aliphatic carbocycles. The first-order valence-electron chi connectivity index (χ1n) is 12.8. The summed E-state index contributed by atoms with van der Waals surface area (Å²) in [5.41, 5.74) is 4.00. The van der Waals surface area contributed by atoms with Crippen molar-refractivity contribution in [2.45, 2.75) is 51.5 Å². The van der Waals surface area contributed by atoms with Crippen LogP contribution in [0.15, 0.2) is 36.5 Å². The number of hydrogen-bond acceptors (Lipinski definition) is 5. The van der Waals surface area contributed by atoms with Crippen LogP contribution in [0.25, 0.3) is 10.9 Å². The Kier molecular flexibility index (Phi) is 7.29. The van der Waals surface area contributed by atoms with Crippen molar-refractivity contribution in [3.05, 3.63) is 69.9 Å². The number of carbonyl (C=O) groups is 2. The van der Waals surface area contributed by atoms with Gasteiger partial charge in [-0.05, 0) is 62.4 Å². The second kappa shape index (κ2) is 10.6. The number of piperazine rings is 1. The molecule has 1 fully saturated rings. The zero-order valence-corrected chi connectivity index (χ0v) is 21.8. The van der Waals surface area contributed by atoms with Gasteiger partial charge in [-0.1, -0.05) is 24.6 Å². The standard InChI is InChI=1S/C28H30ClFN4O3/c1-3-12-37-28(36)34-11-10-33(16-17(34)2)27(35)19-5-8-22-25(14-19)32-24-13-18(4-7-21(24)26(22)29)23-9-6-20(30)15-31-23/h5-6,8-9,14-15,17-18H,3-4,7,10-13,16H2,1-2H3/t17-,18?/m1/s1. The van der Waals surface area contributed by atoms with Gasteiger partial charge in [0, 0.05) is 53.9 Å². The van der Waals surface area contributed by atoms with Crippen LogP contribution in [0, 0.1) is 5.82 Å². The fraction of sp³-hybridized carbons (Fsp3) is 0.429. The number of halogens is 2. The van der Waals surface area contributed by atoms with Crippen molar-refractivity contribution in [2.24, 2.45) is 0 Å². The lowest BCUT2D eigenvalue weighted by Crippen LogP contribution is -2.55. The first-order valence-corrected chi connectivity index (χ1v) is 13.2. The Balaban J connectivity index is 1.35. The summed E-state index contributed by atoms with van der Waals surface area (Å²) < 4.78 is 18.6. The number of pyridine rings is 2. The molecule has 9 heteroatoms. The fourth-order valence-corrected chi connectivity index (χ4v) is 5.63. The molecule has 0 radical (unpaired) electrons. The molecule has 2 amide bonds. The van der Waals surface area contributed by atoms with Gasteiger partial charge in [-0.15, -0.1) is 0 Å². The van der Waals surface area contributed by atoms with Crippen molar-refractivity contribution in [3.63, 3.8) is 0 Å². The van der Waals surface area contributed by atoms with E-state index in [1.807, 2.05) is 19.9 Å². The van der Waals surface area contributed by atoms with Crippen LogP contribution >= 0.6 is 11.6 Å². The molecule has 3 heterocycles. The smallest absolute Gasteiger partial charge is 0.410 e. The van der Waals surface area contributed by atoms with Crippen LogP contribution in [0.4, 0.5) is 9.18 Å². The average Bonchev–Trinajstić information content (AvgIpc) is 2.91. The SMILES string of the molecule is CCCOC(=O)N1CCN(C(=O)c2ccc3c(Cl)c4c(nc3c2)CC(c2ccc(F)cn2)CC4)C[C@H]1C. The number of amides is 2. The molecule has 194 valence electrons. The molecular weight excluding hydrogens is 495 g/mol. The maximum Gasteiger partial charge on any atom is 0.410 e. The van der Waals surface area contributed by atoms with Gasteiger partial charge >= 0.3 is 6.09 Å². The Hall–Kier alpha value is -3.26. The number of carbonyl (C=O) groups excluding carboxylic acids is 2. The fourth-order valence-electron chi connectivity index (χ4n) is 5.27. The summed E-state index contributed by atoms with van der Waals surface area (Å²) in [6.07, 6.45) is 3.99. The highest BCUT2D eigenvalue weighted by Gasteiger charge is 2.31. The quantitative estimate of drug-likeness (QED) is 0.457. The summed E-state index contributed by atoms with van der Waals surface area (Å²) in [6, 6.07) is 8.49. The van der Waals surface area contributed by atoms with E-state index >= 15 is 0 Å². The van der Waals surface area contributed by atoms with Crippen LogP contribution in [0.5, 0.6) is 0 Å². The van der Waals surface area contributed by atoms with E-state index in [2.05, 4.69) is 4.98 Å². The average molecular weight is 525 g/mol. The molecule has 1 unspecified atom stereocenters. The van der Waals surface area contributed by atoms with Gasteiger partial charge in [0.25, 0.3) is 5.91 Å². The molecule has 37 heavy (non-hydrogen) atoms. The minimum Gasteiger partial charge on any atom is -0.449 e. The van der Waals surface area contributed by atoms with Crippen LogP contribution < -0.4 is 0 Å². The van der Waals surface area contributed by atoms with Gasteiger partial charge in [-0.3, -0.25) is 14.8 Å². The summed E-state index contributed by atoms with van der Waals surface area (Å²) in [7, 11) is 0. The van der Waals surface area contributed by atoms with E-state index in [9.17, 15) is 14.0 Å². The zero-order valence-electron chi connectivity index (χ0n) is 21.0. The third-order valence-corrected chi connectivity index (χ3v) is 7.71. The van der Waals surface area contributed by atoms with Crippen molar-refractivity contribution in [1.82, 2.24) is 19.8 Å². The Bertz CT molecular complexity index is 1330. The summed E-state index contributed by atoms with van der Waals surface area (Å²) in [5.74, 6) is -0.309. The highest BCUT2D eigenvalue weighted by Crippen LogP contribution is 2.38. The molecule has 0 saturated carbocycles. The zero-order chi connectivity index (χ0) is 26.1. The number of rotatable bonds is 4. The van der Waals surface area contributed by atoms with E-state index in [0.717, 1.165) is 41.6 Å². The molecule has 0 N–H and O–H groups in total. The van der Waals surface area contributed by atoms with Gasteiger partial charge in [0.15, 0.2) is 0 Å². The minimum absolute atomic E-state index is 0.0978. The lowest BCUT2D eigenvalue weighted by molar-refractivity contribution is 0.0412. The summed E-state index contributed by atoms with van der Waals surface area (Å²) >= 11 is 6.81. The largest absolute Gasteiger partial charge is 0.449 e. The second-order valence-corrected chi connectivity index (χ2v) is 10.2. The van der Waals surface area contributed by atoms with Gasteiger partial charge in [0.1, 0.15) is 5.82 Å². The van der Waals surface area contributed by atoms with Crippen LogP contribution in [0.2, 0.25) is 5.02 Å². The Morgan fingerprint density at radius 1 is 1.22 bits per heavy atom. The monoisotopic (exact) mass is 524 g/mol. The Morgan fingerprint density at radius 3 is 2.78 bits per heavy atom. The van der Waals surface area contributed by atoms with Crippen molar-refractivity contribution >= 4 is 34.5 Å². The van der Waals surface area contributed by atoms with Crippen molar-refractivity contribution in [2.75, 3.05) is 26.2 Å². The third kappa shape index (κ3) is 5.12. The van der Waals surface area contributed by atoms with Crippen molar-refractivity contribution < 1.29 is 18.7 Å². The van der Waals surface area contributed by atoms with E-state index in [1.54, 1.807) is 28.0 Å². The lowest BCUT2D eigenvalue weighted by atomic mass is 9.84. The van der Waals surface area contributed by atoms with E-state index in [0.29, 0.717) is 48.8 Å². The van der Waals surface area contributed by atoms with Gasteiger partial charge in [-0.25, -0.2) is 9.18 Å². The molecule has 2 aromatic heterocycles. The van der Waals surface area contributed by atoms with E-state index in [1.165, 1.54) is 12.3 Å². The van der Waals surface area contributed by atoms with E-state index < -0.39 is 0 Å². The van der Waals surface area contributed by atoms with Crippen molar-refractivity contribution in [3.8, 4) is 0 Å². The topological polar surface area (TPSA) is 75.6 Å². The van der Waals surface area contributed by atoms with Crippen molar-refractivity contribution in [1.29, 1.82) is 0 Å². The number of aromatic nitrogens is 2. The predicted molar refractivity (Wildman–Crippen MR) is 139 cm³/mol. The molecule has 0 bridgehead atoms. The molecule has 1 saturated heterocycles. The molecule has 5 rings (SSSR count). The first-order chi connectivity index (χ1) is 17.9. The second-order valence-electron chi connectivity index (χ2n) is 9.83. The molecule has 2 atom stereocenters. The Morgan fingerprint density at radius 2 is 2.05 bits per heavy atom. The number of fused-ring (bicyclic) bond motifs is 2. The van der Waals surface area contributed by atoms with Gasteiger partial charge in [0.2, 0.25) is 0 Å². The molecular formula is C28H30ClFN4O3. The number of nitrogens with zero attached hydrogens (tertiary/aromatic N) is 4. The number of benzene rings is 1. The van der Waals surface area contributed by atoms with Gasteiger partial charge < -0.3 is 14.5 Å². The molecule has 1 aromatic carbocycles. The molecule has 7 nitrogen and oxygen atoms in total. The van der Waals surface area contributed by atoms with E-state index in [4.69, 9.17) is 21.3 Å². The first kappa shape index (κ1) is 25.4. The summed E-state index contributed by atoms with van der Waals surface area (Å²) in [5, 5.41) is 1.50. The van der Waals surface area contributed by atoms with E-state index in [-0.39, 0.29) is 29.8 Å². The van der Waals surface area contributed by atoms with Crippen LogP contribution in [0.3, 0.4) is 0 Å². The highest BCUT2D eigenvalue weighted by molar-refractivity contribution is 6.36. The number of ether oxygens (including phenoxy) is 1. The third-order valence-electron chi connectivity index (χ3n) is 7.28. The number of hydrogen-bond donors (Lipinski definition) is 0. The van der Waals surface area contributed by atoms with Gasteiger partial charge in [-0.2, -0.15) is 0 Å². The Labute approximate surface area is 220 Å². The minimum atomic E-state index is -0.350. The molecule has 0 spiro atoms. The summed E-state index contributed by atoms with van der Waals surface area (Å²) in [6.45, 7) is 5.57.